The van der Waals surface area contributed by atoms with Gasteiger partial charge in [0.2, 0.25) is 15.9 Å². The first-order chi connectivity index (χ1) is 19.5. The van der Waals surface area contributed by atoms with Crippen molar-refractivity contribution in [2.45, 2.75) is 81.9 Å². The van der Waals surface area contributed by atoms with E-state index in [1.54, 1.807) is 17.0 Å². The molecule has 0 aromatic heterocycles. The Labute approximate surface area is 243 Å². The van der Waals surface area contributed by atoms with Crippen LogP contribution in [0.3, 0.4) is 0 Å². The highest BCUT2D eigenvalue weighted by atomic mass is 32.2. The topological polar surface area (TPSA) is 108 Å². The molecule has 0 spiro atoms. The van der Waals surface area contributed by atoms with Gasteiger partial charge >= 0.3 is 6.09 Å². The first-order valence-electron chi connectivity index (χ1n) is 14.7. The molecule has 5 rings (SSSR count). The van der Waals surface area contributed by atoms with Crippen molar-refractivity contribution < 1.29 is 22.7 Å². The number of rotatable bonds is 5. The van der Waals surface area contributed by atoms with Crippen LogP contribution in [-0.4, -0.2) is 68.0 Å². The average molecular weight is 583 g/mol. The number of nitrogens with one attached hydrogen (secondary N) is 2. The molecule has 1 saturated carbocycles. The Morgan fingerprint density at radius 2 is 1.73 bits per heavy atom. The Kier molecular flexibility index (Phi) is 8.61. The summed E-state index contributed by atoms with van der Waals surface area (Å²) in [6, 6.07) is 14.6. The number of carbonyl (C=O) groups excluding carboxylic acids is 2. The van der Waals surface area contributed by atoms with Crippen LogP contribution in [0, 0.1) is 5.92 Å². The summed E-state index contributed by atoms with van der Waals surface area (Å²) in [4.78, 5) is 30.6. The van der Waals surface area contributed by atoms with Crippen molar-refractivity contribution in [3.63, 3.8) is 0 Å². The highest BCUT2D eigenvalue weighted by Crippen LogP contribution is 2.33. The van der Waals surface area contributed by atoms with Crippen LogP contribution in [0.25, 0.3) is 0 Å². The molecular formula is C31H42N4O5S. The number of sulfonamides is 1. The van der Waals surface area contributed by atoms with E-state index in [1.165, 1.54) is 0 Å². The Bertz CT molecular complexity index is 1350. The Morgan fingerprint density at radius 1 is 1.00 bits per heavy atom. The Hall–Kier alpha value is -3.11. The van der Waals surface area contributed by atoms with Crippen molar-refractivity contribution in [3.05, 3.63) is 59.7 Å². The van der Waals surface area contributed by atoms with E-state index in [4.69, 9.17) is 4.74 Å². The highest BCUT2D eigenvalue weighted by Gasteiger charge is 2.39. The number of hydrogen-bond acceptors (Lipinski definition) is 6. The molecule has 1 saturated heterocycles. The number of piperazine rings is 1. The molecule has 2 N–H and O–H groups in total. The van der Waals surface area contributed by atoms with Crippen molar-refractivity contribution in [3.8, 4) is 0 Å². The second-order valence-electron chi connectivity index (χ2n) is 12.4. The van der Waals surface area contributed by atoms with Crippen molar-refractivity contribution in [1.29, 1.82) is 0 Å². The van der Waals surface area contributed by atoms with Crippen LogP contribution in [0.2, 0.25) is 0 Å². The maximum Gasteiger partial charge on any atom is 0.410 e. The lowest BCUT2D eigenvalue weighted by Crippen LogP contribution is -2.54. The van der Waals surface area contributed by atoms with Gasteiger partial charge in [-0.25, -0.2) is 17.9 Å². The summed E-state index contributed by atoms with van der Waals surface area (Å²) < 4.78 is 34.9. The van der Waals surface area contributed by atoms with Gasteiger partial charge in [-0.15, -0.1) is 0 Å². The minimum atomic E-state index is -3.65. The first-order valence-corrected chi connectivity index (χ1v) is 16.2. The largest absolute Gasteiger partial charge is 0.444 e. The predicted octanol–water partition coefficient (Wildman–Crippen LogP) is 4.70. The van der Waals surface area contributed by atoms with E-state index < -0.39 is 15.6 Å². The van der Waals surface area contributed by atoms with E-state index in [0.29, 0.717) is 50.2 Å². The van der Waals surface area contributed by atoms with Gasteiger partial charge in [-0.05, 0) is 88.6 Å². The van der Waals surface area contributed by atoms with Gasteiger partial charge in [-0.2, -0.15) is 0 Å². The van der Waals surface area contributed by atoms with Crippen molar-refractivity contribution in [1.82, 2.24) is 14.5 Å². The standard InChI is InChI=1S/C31H42N4O5S/c1-31(2,3)40-30(37)34-18-19-35(28(21-34)22-8-5-4-6-9-22)29(36)23-11-13-25(14-12-23)33-41(38,39)26-15-16-27-24(20-26)10-7-17-32-27/h4-6,8-9,15-16,20,23,25,28,32-33H,7,10-14,17-19,21H2,1-3H3/t23-,25-,28?. The molecule has 1 unspecified atom stereocenters. The molecule has 0 bridgehead atoms. The summed E-state index contributed by atoms with van der Waals surface area (Å²) in [5, 5.41) is 3.32. The molecule has 2 heterocycles. The summed E-state index contributed by atoms with van der Waals surface area (Å²) in [5.74, 6) is -0.101. The fraction of sp³-hybridized carbons (Fsp3) is 0.548. The van der Waals surface area contributed by atoms with Gasteiger partial charge in [-0.3, -0.25) is 4.79 Å². The molecule has 2 amide bonds. The molecule has 41 heavy (non-hydrogen) atoms. The SMILES string of the molecule is CC(C)(C)OC(=O)N1CCN(C(=O)[C@H]2CC[C@H](NS(=O)(=O)c3ccc4c(c3)CCCN4)CC2)C(c2ccccc2)C1. The lowest BCUT2D eigenvalue weighted by Gasteiger charge is -2.43. The number of benzene rings is 2. The molecule has 2 fully saturated rings. The minimum Gasteiger partial charge on any atom is -0.444 e. The number of anilines is 1. The highest BCUT2D eigenvalue weighted by molar-refractivity contribution is 7.89. The quantitative estimate of drug-likeness (QED) is 0.529. The number of carbonyl (C=O) groups is 2. The van der Waals surface area contributed by atoms with E-state index in [9.17, 15) is 18.0 Å². The van der Waals surface area contributed by atoms with Gasteiger partial charge in [-0.1, -0.05) is 30.3 Å². The molecule has 2 aliphatic heterocycles. The molecule has 10 heteroatoms. The maximum atomic E-state index is 13.8. The van der Waals surface area contributed by atoms with Gasteiger partial charge in [0, 0.05) is 43.8 Å². The summed E-state index contributed by atoms with van der Waals surface area (Å²) >= 11 is 0. The lowest BCUT2D eigenvalue weighted by atomic mass is 9.85. The maximum absolute atomic E-state index is 13.8. The Morgan fingerprint density at radius 3 is 2.44 bits per heavy atom. The number of nitrogens with zero attached hydrogens (tertiary/aromatic N) is 2. The molecule has 1 aliphatic carbocycles. The molecular weight excluding hydrogens is 540 g/mol. The van der Waals surface area contributed by atoms with Crippen LogP contribution in [0.5, 0.6) is 0 Å². The van der Waals surface area contributed by atoms with Gasteiger partial charge in [0.15, 0.2) is 0 Å². The van der Waals surface area contributed by atoms with E-state index in [-0.39, 0.29) is 30.0 Å². The fourth-order valence-electron chi connectivity index (χ4n) is 6.10. The van der Waals surface area contributed by atoms with E-state index in [0.717, 1.165) is 36.2 Å². The normalized spacial score (nSPS) is 23.3. The van der Waals surface area contributed by atoms with Gasteiger partial charge in [0.1, 0.15) is 5.60 Å². The lowest BCUT2D eigenvalue weighted by molar-refractivity contribution is -0.142. The van der Waals surface area contributed by atoms with Gasteiger partial charge in [0.05, 0.1) is 10.9 Å². The zero-order valence-electron chi connectivity index (χ0n) is 24.3. The van der Waals surface area contributed by atoms with E-state index >= 15 is 0 Å². The molecule has 1 atom stereocenters. The first kappa shape index (κ1) is 29.4. The molecule has 0 radical (unpaired) electrons. The van der Waals surface area contributed by atoms with Crippen LogP contribution in [0.15, 0.2) is 53.4 Å². The van der Waals surface area contributed by atoms with Crippen LogP contribution in [0.4, 0.5) is 10.5 Å². The molecule has 222 valence electrons. The Balaban J connectivity index is 1.22. The van der Waals surface area contributed by atoms with Crippen LogP contribution >= 0.6 is 0 Å². The summed E-state index contributed by atoms with van der Waals surface area (Å²) in [5.41, 5.74) is 2.43. The molecule has 3 aliphatic rings. The third-order valence-corrected chi connectivity index (χ3v) is 9.74. The number of ether oxygens (including phenoxy) is 1. The molecule has 2 aromatic rings. The van der Waals surface area contributed by atoms with Gasteiger partial charge < -0.3 is 19.9 Å². The molecule has 9 nitrogen and oxygen atoms in total. The molecule has 2 aromatic carbocycles. The number of aryl methyl sites for hydroxylation is 1. The summed E-state index contributed by atoms with van der Waals surface area (Å²) in [6.45, 7) is 7.66. The van der Waals surface area contributed by atoms with Crippen molar-refractivity contribution in [2.24, 2.45) is 5.92 Å². The monoisotopic (exact) mass is 582 g/mol. The van der Waals surface area contributed by atoms with Crippen LogP contribution < -0.4 is 10.0 Å². The number of hydrogen-bond donors (Lipinski definition) is 2. The smallest absolute Gasteiger partial charge is 0.410 e. The van der Waals surface area contributed by atoms with Crippen molar-refractivity contribution >= 4 is 27.7 Å². The minimum absolute atomic E-state index is 0.0752. The summed E-state index contributed by atoms with van der Waals surface area (Å²) in [7, 11) is -3.65. The number of amides is 2. The van der Waals surface area contributed by atoms with Crippen LogP contribution in [-0.2, 0) is 26.0 Å². The predicted molar refractivity (Wildman–Crippen MR) is 158 cm³/mol. The third-order valence-electron chi connectivity index (χ3n) is 8.22. The fourth-order valence-corrected chi connectivity index (χ4v) is 7.45. The van der Waals surface area contributed by atoms with Crippen LogP contribution in [0.1, 0.15) is 70.0 Å². The average Bonchev–Trinajstić information content (AvgIpc) is 2.96. The van der Waals surface area contributed by atoms with E-state index in [2.05, 4.69) is 10.0 Å². The van der Waals surface area contributed by atoms with Crippen molar-refractivity contribution in [2.75, 3.05) is 31.5 Å². The second-order valence-corrected chi connectivity index (χ2v) is 14.1. The zero-order valence-corrected chi connectivity index (χ0v) is 25.1. The number of fused-ring (bicyclic) bond motifs is 1. The van der Waals surface area contributed by atoms with Gasteiger partial charge in [0.25, 0.3) is 0 Å². The van der Waals surface area contributed by atoms with E-state index in [1.807, 2.05) is 62.1 Å². The summed E-state index contributed by atoms with van der Waals surface area (Å²) in [6.07, 6.45) is 3.94. The zero-order chi connectivity index (χ0) is 29.2. The second kappa shape index (κ2) is 12.0. The third kappa shape index (κ3) is 7.04.